The number of carbonyl (C=O) groups is 2. The first-order chi connectivity index (χ1) is 23.0. The van der Waals surface area contributed by atoms with Crippen molar-refractivity contribution in [3.8, 4) is 0 Å². The van der Waals surface area contributed by atoms with E-state index in [4.69, 9.17) is 18.9 Å². The normalized spacial score (nSPS) is 31.5. The summed E-state index contributed by atoms with van der Waals surface area (Å²) in [6.45, 7) is 12.6. The average Bonchev–Trinajstić information content (AvgIpc) is 3.81. The van der Waals surface area contributed by atoms with Crippen molar-refractivity contribution in [1.82, 2.24) is 5.32 Å². The van der Waals surface area contributed by atoms with Crippen LogP contribution in [0.3, 0.4) is 0 Å². The zero-order valence-electron chi connectivity index (χ0n) is 30.1. The first-order valence-corrected chi connectivity index (χ1v) is 17.2. The molecule has 11 heteroatoms. The van der Waals surface area contributed by atoms with Crippen molar-refractivity contribution in [2.24, 2.45) is 11.8 Å². The predicted octanol–water partition coefficient (Wildman–Crippen LogP) is 4.70. The number of rotatable bonds is 13. The van der Waals surface area contributed by atoms with Gasteiger partial charge in [0.1, 0.15) is 29.7 Å². The molecule has 274 valence electrons. The number of allylic oxidation sites excluding steroid dienone is 2. The van der Waals surface area contributed by atoms with Gasteiger partial charge in [-0.1, -0.05) is 57.2 Å². The first-order valence-electron chi connectivity index (χ1n) is 17.2. The summed E-state index contributed by atoms with van der Waals surface area (Å²) in [5, 5.41) is 36.8. The summed E-state index contributed by atoms with van der Waals surface area (Å²) in [5.41, 5.74) is -1.35. The van der Waals surface area contributed by atoms with E-state index < -0.39 is 53.4 Å². The van der Waals surface area contributed by atoms with Crippen molar-refractivity contribution in [3.63, 3.8) is 0 Å². The number of methoxy groups -OCH3 is 1. The number of cyclic esters (lactones) is 1. The third-order valence-corrected chi connectivity index (χ3v) is 9.63. The number of halogens is 1. The van der Waals surface area contributed by atoms with Gasteiger partial charge in [0.15, 0.2) is 0 Å². The van der Waals surface area contributed by atoms with Gasteiger partial charge in [-0.15, -0.1) is 0 Å². The van der Waals surface area contributed by atoms with Crippen molar-refractivity contribution in [1.29, 1.82) is 0 Å². The van der Waals surface area contributed by atoms with Gasteiger partial charge in [0.2, 0.25) is 0 Å². The predicted molar refractivity (Wildman–Crippen MR) is 184 cm³/mol. The number of aliphatic hydroxyl groups excluding tert-OH is 1. The number of carbonyl (C=O) groups excluding carboxylic acids is 2. The highest BCUT2D eigenvalue weighted by atomic mass is 19.1. The molecule has 1 fully saturated rings. The molecule has 3 unspecified atom stereocenters. The molecule has 0 saturated carbocycles. The van der Waals surface area contributed by atoms with Gasteiger partial charge in [0, 0.05) is 32.4 Å². The molecule has 0 amide bonds. The molecule has 10 nitrogen and oxygen atoms in total. The van der Waals surface area contributed by atoms with Gasteiger partial charge < -0.3 is 39.6 Å². The fraction of sp³-hybridized carbons (Fsp3) is 0.632. The maximum Gasteiger partial charge on any atom is 0.309 e. The minimum atomic E-state index is -1.47. The van der Waals surface area contributed by atoms with Crippen LogP contribution in [0.25, 0.3) is 0 Å². The molecule has 1 saturated heterocycles. The standard InChI is InChI=1S/C38H56FNO9/c1-9-30(46-8)25(4)34-35(49-34)36(40-22-27-13-15-28(39)16-14-27)38(7,45)19-10-11-23(2)33-24(3)12-17-31(47-26(5)41)37(6,44)20-18-29(42)21-32(43)48-33/h10-17,19,24-25,29-31,33-36,40,42,44-45H,9,18,20-22H2,1-8H3/t24-,25+,29+,30-,31-,33?,34+,35-,36?,37+,38?/m0/s1. The van der Waals surface area contributed by atoms with Gasteiger partial charge in [-0.25, -0.2) is 4.39 Å². The highest BCUT2D eigenvalue weighted by Crippen LogP contribution is 2.39. The van der Waals surface area contributed by atoms with Crippen molar-refractivity contribution in [2.75, 3.05) is 7.11 Å². The Morgan fingerprint density at radius 3 is 2.51 bits per heavy atom. The third-order valence-electron chi connectivity index (χ3n) is 9.63. The molecule has 2 aliphatic heterocycles. The molecule has 4 N–H and O–H groups in total. The van der Waals surface area contributed by atoms with Gasteiger partial charge in [-0.3, -0.25) is 9.59 Å². The van der Waals surface area contributed by atoms with Crippen LogP contribution in [0.4, 0.5) is 4.39 Å². The van der Waals surface area contributed by atoms with Crippen LogP contribution in [0.1, 0.15) is 79.7 Å². The van der Waals surface area contributed by atoms with Crippen molar-refractivity contribution < 1.29 is 48.2 Å². The monoisotopic (exact) mass is 689 g/mol. The lowest BCUT2D eigenvalue weighted by atomic mass is 9.87. The summed E-state index contributed by atoms with van der Waals surface area (Å²) in [6, 6.07) is 5.64. The SMILES string of the molecule is CC[C@H](OC)[C@@H](C)[C@H]1O[C@@H]1C(NCc1ccc(F)cc1)C(C)(O)C=CC=C(C)C1OC(=O)C[C@H](O)CC[C@@](C)(O)[C@@H](OC(C)=O)C=C[C@@H]1C. The van der Waals surface area contributed by atoms with Crippen molar-refractivity contribution in [2.45, 2.75) is 135 Å². The lowest BCUT2D eigenvalue weighted by molar-refractivity contribution is -0.157. The average molecular weight is 690 g/mol. The smallest absolute Gasteiger partial charge is 0.309 e. The topological polar surface area (TPSA) is 147 Å². The molecule has 0 aliphatic carbocycles. The number of benzene rings is 1. The van der Waals surface area contributed by atoms with E-state index in [1.165, 1.54) is 26.0 Å². The molecule has 49 heavy (non-hydrogen) atoms. The van der Waals surface area contributed by atoms with E-state index in [1.54, 1.807) is 63.5 Å². The van der Waals surface area contributed by atoms with Gasteiger partial charge in [0.05, 0.1) is 36.4 Å². The second-order valence-corrected chi connectivity index (χ2v) is 14.0. The number of aliphatic hydroxyl groups is 3. The van der Waals surface area contributed by atoms with Crippen LogP contribution in [0.5, 0.6) is 0 Å². The van der Waals surface area contributed by atoms with E-state index in [-0.39, 0.29) is 49.3 Å². The van der Waals surface area contributed by atoms with Gasteiger partial charge in [-0.05, 0) is 69.4 Å². The van der Waals surface area contributed by atoms with Gasteiger partial charge in [-0.2, -0.15) is 0 Å². The minimum absolute atomic E-state index is 0.0000528. The number of esters is 2. The Balaban J connectivity index is 1.87. The largest absolute Gasteiger partial charge is 0.457 e. The van der Waals surface area contributed by atoms with Crippen LogP contribution in [-0.4, -0.2) is 88.2 Å². The van der Waals surface area contributed by atoms with Crippen molar-refractivity contribution in [3.05, 3.63) is 71.6 Å². The number of hydrogen-bond donors (Lipinski definition) is 4. The molecule has 11 atom stereocenters. The summed E-state index contributed by atoms with van der Waals surface area (Å²) >= 11 is 0. The van der Waals surface area contributed by atoms with E-state index in [1.807, 2.05) is 6.92 Å². The minimum Gasteiger partial charge on any atom is -0.457 e. The summed E-state index contributed by atoms with van der Waals surface area (Å²) in [4.78, 5) is 24.7. The summed E-state index contributed by atoms with van der Waals surface area (Å²) < 4.78 is 36.6. The molecule has 2 aliphatic rings. The second kappa shape index (κ2) is 17.8. The fourth-order valence-corrected chi connectivity index (χ4v) is 6.50. The molecular formula is C38H56FNO9. The third kappa shape index (κ3) is 11.8. The van der Waals surface area contributed by atoms with Gasteiger partial charge in [0.25, 0.3) is 0 Å². The lowest BCUT2D eigenvalue weighted by Gasteiger charge is -2.32. The van der Waals surface area contributed by atoms with Crippen molar-refractivity contribution >= 4 is 11.9 Å². The van der Waals surface area contributed by atoms with Crippen LogP contribution in [0.2, 0.25) is 0 Å². The van der Waals surface area contributed by atoms with Crippen LogP contribution >= 0.6 is 0 Å². The summed E-state index contributed by atoms with van der Waals surface area (Å²) in [5.74, 6) is -1.79. The number of nitrogens with one attached hydrogen (secondary N) is 1. The fourth-order valence-electron chi connectivity index (χ4n) is 6.50. The molecule has 3 rings (SSSR count). The summed E-state index contributed by atoms with van der Waals surface area (Å²) in [7, 11) is 1.68. The first kappa shape index (κ1) is 40.5. The van der Waals surface area contributed by atoms with Crippen LogP contribution in [0, 0.1) is 17.7 Å². The molecule has 1 aromatic rings. The number of hydrogen-bond acceptors (Lipinski definition) is 10. The van der Waals surface area contributed by atoms with E-state index >= 15 is 0 Å². The Hall–Kier alpha value is -2.93. The van der Waals surface area contributed by atoms with E-state index in [0.29, 0.717) is 12.1 Å². The van der Waals surface area contributed by atoms with E-state index in [2.05, 4.69) is 19.2 Å². The number of epoxide rings is 1. The quantitative estimate of drug-likeness (QED) is 0.0995. The summed E-state index contributed by atoms with van der Waals surface area (Å²) in [6.07, 6.45) is 5.98. The Morgan fingerprint density at radius 2 is 1.90 bits per heavy atom. The highest BCUT2D eigenvalue weighted by molar-refractivity contribution is 5.70. The molecule has 0 radical (unpaired) electrons. The molecular weight excluding hydrogens is 633 g/mol. The highest BCUT2D eigenvalue weighted by Gasteiger charge is 2.54. The Morgan fingerprint density at radius 1 is 1.22 bits per heavy atom. The molecule has 2 heterocycles. The Bertz CT molecular complexity index is 1320. The lowest BCUT2D eigenvalue weighted by Crippen LogP contribution is -2.52. The van der Waals surface area contributed by atoms with Crippen LogP contribution in [0.15, 0.2) is 60.2 Å². The van der Waals surface area contributed by atoms with Gasteiger partial charge >= 0.3 is 11.9 Å². The zero-order valence-corrected chi connectivity index (χ0v) is 30.1. The zero-order chi connectivity index (χ0) is 36.5. The maximum atomic E-state index is 13.5. The molecule has 0 bridgehead atoms. The Kier molecular flexibility index (Phi) is 14.7. The maximum absolute atomic E-state index is 13.5. The Labute approximate surface area is 290 Å². The van der Waals surface area contributed by atoms with Crippen LogP contribution in [-0.2, 0) is 35.1 Å². The molecule has 0 spiro atoms. The van der Waals surface area contributed by atoms with E-state index in [0.717, 1.165) is 12.0 Å². The van der Waals surface area contributed by atoms with E-state index in [9.17, 15) is 29.3 Å². The van der Waals surface area contributed by atoms with Crippen LogP contribution < -0.4 is 5.32 Å². The molecule has 0 aromatic heterocycles. The molecule has 1 aromatic carbocycles. The number of ether oxygens (including phenoxy) is 4. The second-order valence-electron chi connectivity index (χ2n) is 14.0.